The Morgan fingerprint density at radius 2 is 1.93 bits per heavy atom. The smallest absolute Gasteiger partial charge is 0.324 e. The Morgan fingerprint density at radius 1 is 1.18 bits per heavy atom. The Kier molecular flexibility index (Phi) is 6.38. The first kappa shape index (κ1) is 20.0. The maximum absolute atomic E-state index is 14.6. The first-order valence-electron chi connectivity index (χ1n) is 9.13. The van der Waals surface area contributed by atoms with Crippen LogP contribution in [0.1, 0.15) is 21.5 Å². The number of morpholine rings is 1. The number of hydrogen-bond donors (Lipinski definition) is 1. The molecule has 2 aromatic carbocycles. The fraction of sp³-hybridized carbons (Fsp3) is 0.333. The predicted molar refractivity (Wildman–Crippen MR) is 103 cm³/mol. The molecular weight excluding hydrogens is 363 g/mol. The molecule has 0 aliphatic carbocycles. The summed E-state index contributed by atoms with van der Waals surface area (Å²) in [6.07, 6.45) is 0. The molecule has 28 heavy (non-hydrogen) atoms. The van der Waals surface area contributed by atoms with E-state index in [-0.39, 0.29) is 23.7 Å². The largest absolute Gasteiger partial charge is 0.388 e. The Labute approximate surface area is 163 Å². The molecule has 148 valence electrons. The van der Waals surface area contributed by atoms with Gasteiger partial charge in [-0.05, 0) is 30.7 Å². The fourth-order valence-electron chi connectivity index (χ4n) is 3.10. The van der Waals surface area contributed by atoms with Gasteiger partial charge in [0.2, 0.25) is 0 Å². The second-order valence-electron chi connectivity index (χ2n) is 6.69. The first-order valence-corrected chi connectivity index (χ1v) is 9.13. The number of aryl methyl sites for hydroxylation is 1. The van der Waals surface area contributed by atoms with Crippen LogP contribution in [0.4, 0.5) is 14.9 Å². The van der Waals surface area contributed by atoms with Crippen molar-refractivity contribution in [2.24, 2.45) is 0 Å². The number of urea groups is 1. The van der Waals surface area contributed by atoms with Gasteiger partial charge in [-0.2, -0.15) is 0 Å². The third-order valence-corrected chi connectivity index (χ3v) is 4.67. The second kappa shape index (κ2) is 8.95. The average Bonchev–Trinajstić information content (AvgIpc) is 2.72. The molecule has 0 saturated carbocycles. The van der Waals surface area contributed by atoms with Crippen molar-refractivity contribution in [2.45, 2.75) is 13.5 Å². The van der Waals surface area contributed by atoms with Crippen LogP contribution in [0.15, 0.2) is 42.5 Å². The molecule has 1 saturated heterocycles. The highest BCUT2D eigenvalue weighted by molar-refractivity contribution is 5.97. The van der Waals surface area contributed by atoms with E-state index < -0.39 is 18.2 Å². The number of Topliss-reactive ketones (excluding diaryl/α,β-unsaturated/α-hetero) is 1. The van der Waals surface area contributed by atoms with E-state index in [1.165, 1.54) is 17.0 Å². The molecule has 1 fully saturated rings. The highest BCUT2D eigenvalue weighted by Gasteiger charge is 2.25. The zero-order chi connectivity index (χ0) is 20.1. The van der Waals surface area contributed by atoms with E-state index in [1.807, 2.05) is 31.2 Å². The molecule has 7 heteroatoms. The van der Waals surface area contributed by atoms with Crippen molar-refractivity contribution in [1.29, 1.82) is 0 Å². The molecule has 1 N–H and O–H groups in total. The van der Waals surface area contributed by atoms with E-state index in [4.69, 9.17) is 9.84 Å². The van der Waals surface area contributed by atoms with Crippen LogP contribution in [0.2, 0.25) is 0 Å². The molecule has 6 nitrogen and oxygen atoms in total. The normalized spacial score (nSPS) is 14.0. The summed E-state index contributed by atoms with van der Waals surface area (Å²) >= 11 is 0. The van der Waals surface area contributed by atoms with E-state index in [0.29, 0.717) is 32.0 Å². The maximum atomic E-state index is 14.6. The number of benzene rings is 2. The zero-order valence-electron chi connectivity index (χ0n) is 15.7. The lowest BCUT2D eigenvalue weighted by Crippen LogP contribution is -2.48. The van der Waals surface area contributed by atoms with Crippen LogP contribution >= 0.6 is 0 Å². The van der Waals surface area contributed by atoms with Crippen LogP contribution in [0.3, 0.4) is 0 Å². The average molecular weight is 386 g/mol. The monoisotopic (exact) mass is 386 g/mol. The molecule has 0 bridgehead atoms. The maximum Gasteiger partial charge on any atom is 0.324 e. The van der Waals surface area contributed by atoms with Crippen molar-refractivity contribution in [3.05, 3.63) is 65.0 Å². The van der Waals surface area contributed by atoms with Crippen LogP contribution in [-0.4, -0.2) is 54.7 Å². The van der Waals surface area contributed by atoms with Gasteiger partial charge in [-0.15, -0.1) is 0 Å². The topological polar surface area (TPSA) is 70.1 Å². The number of aliphatic hydroxyl groups excluding tert-OH is 1. The number of hydrogen-bond acceptors (Lipinski definition) is 4. The summed E-state index contributed by atoms with van der Waals surface area (Å²) in [5, 5.41) is 8.94. The lowest BCUT2D eigenvalue weighted by molar-refractivity contribution is 0.0548. The highest BCUT2D eigenvalue weighted by Crippen LogP contribution is 2.23. The lowest BCUT2D eigenvalue weighted by Gasteiger charge is -2.33. The van der Waals surface area contributed by atoms with Crippen LogP contribution in [0.5, 0.6) is 0 Å². The minimum atomic E-state index is -0.677. The summed E-state index contributed by atoms with van der Waals surface area (Å²) in [4.78, 5) is 27.9. The Morgan fingerprint density at radius 3 is 2.57 bits per heavy atom. The number of amides is 2. The quantitative estimate of drug-likeness (QED) is 0.803. The van der Waals surface area contributed by atoms with Gasteiger partial charge >= 0.3 is 6.03 Å². The number of carbonyl (C=O) groups excluding carboxylic acids is 2. The summed E-state index contributed by atoms with van der Waals surface area (Å²) < 4.78 is 19.9. The van der Waals surface area contributed by atoms with E-state index in [2.05, 4.69) is 0 Å². The molecular formula is C21H23FN2O4. The summed E-state index contributed by atoms with van der Waals surface area (Å²) in [5.41, 5.74) is 2.05. The molecule has 3 rings (SSSR count). The molecule has 2 aromatic rings. The molecule has 0 radical (unpaired) electrons. The van der Waals surface area contributed by atoms with E-state index in [1.54, 1.807) is 4.90 Å². The molecule has 1 aliphatic rings. The number of aliphatic hydroxyl groups is 1. The molecule has 2 amide bonds. The van der Waals surface area contributed by atoms with E-state index >= 15 is 0 Å². The van der Waals surface area contributed by atoms with Gasteiger partial charge in [-0.1, -0.05) is 24.3 Å². The van der Waals surface area contributed by atoms with Gasteiger partial charge < -0.3 is 14.7 Å². The van der Waals surface area contributed by atoms with Crippen molar-refractivity contribution < 1.29 is 23.8 Å². The minimum Gasteiger partial charge on any atom is -0.388 e. The van der Waals surface area contributed by atoms with Gasteiger partial charge in [0.05, 0.1) is 19.8 Å². The van der Waals surface area contributed by atoms with Crippen molar-refractivity contribution >= 4 is 17.5 Å². The van der Waals surface area contributed by atoms with Crippen LogP contribution < -0.4 is 4.90 Å². The van der Waals surface area contributed by atoms with E-state index in [0.717, 1.165) is 11.6 Å². The van der Waals surface area contributed by atoms with Gasteiger partial charge in [0.1, 0.15) is 12.4 Å². The summed E-state index contributed by atoms with van der Waals surface area (Å²) in [6, 6.07) is 11.3. The summed E-state index contributed by atoms with van der Waals surface area (Å²) in [7, 11) is 0. The highest BCUT2D eigenvalue weighted by atomic mass is 19.1. The molecule has 0 atom stereocenters. The predicted octanol–water partition coefficient (Wildman–Crippen LogP) is 2.77. The number of ether oxygens (including phenoxy) is 1. The minimum absolute atomic E-state index is 0.0269. The lowest BCUT2D eigenvalue weighted by atomic mass is 10.1. The fourth-order valence-corrected chi connectivity index (χ4v) is 3.10. The van der Waals surface area contributed by atoms with Gasteiger partial charge in [0.15, 0.2) is 5.78 Å². The zero-order valence-corrected chi connectivity index (χ0v) is 15.7. The molecule has 1 heterocycles. The van der Waals surface area contributed by atoms with Crippen molar-refractivity contribution in [2.75, 3.05) is 37.8 Å². The third-order valence-electron chi connectivity index (χ3n) is 4.67. The van der Waals surface area contributed by atoms with Crippen molar-refractivity contribution in [1.82, 2.24) is 4.90 Å². The van der Waals surface area contributed by atoms with Crippen LogP contribution in [0, 0.1) is 12.7 Å². The van der Waals surface area contributed by atoms with Gasteiger partial charge in [0, 0.05) is 29.9 Å². The SMILES string of the molecule is Cc1cccc(N(Cc2ccc(C(=O)CO)cc2F)C(=O)N2CCOCC2)c1. The Bertz CT molecular complexity index is 865. The van der Waals surface area contributed by atoms with Crippen LogP contribution in [0.25, 0.3) is 0 Å². The number of carbonyl (C=O) groups is 2. The van der Waals surface area contributed by atoms with E-state index in [9.17, 15) is 14.0 Å². The Balaban J connectivity index is 1.91. The number of rotatable bonds is 5. The van der Waals surface area contributed by atoms with Gasteiger partial charge in [-0.3, -0.25) is 9.69 Å². The Hall–Kier alpha value is -2.77. The van der Waals surface area contributed by atoms with Gasteiger partial charge in [0.25, 0.3) is 0 Å². The second-order valence-corrected chi connectivity index (χ2v) is 6.69. The summed E-state index contributed by atoms with van der Waals surface area (Å²) in [6.45, 7) is 3.18. The molecule has 0 unspecified atom stereocenters. The third kappa shape index (κ3) is 4.55. The number of anilines is 1. The number of ketones is 1. The van der Waals surface area contributed by atoms with Crippen molar-refractivity contribution in [3.8, 4) is 0 Å². The molecule has 0 spiro atoms. The van der Waals surface area contributed by atoms with Crippen molar-refractivity contribution in [3.63, 3.8) is 0 Å². The van der Waals surface area contributed by atoms with Gasteiger partial charge in [-0.25, -0.2) is 9.18 Å². The first-order chi connectivity index (χ1) is 13.5. The standard InChI is InChI=1S/C21H23FN2O4/c1-15-3-2-4-18(11-15)24(21(27)23-7-9-28-10-8-23)13-17-6-5-16(12-19(17)22)20(26)14-25/h2-6,11-12,25H,7-10,13-14H2,1H3. The number of nitrogens with zero attached hydrogens (tertiary/aromatic N) is 2. The van der Waals surface area contributed by atoms with Crippen LogP contribution in [-0.2, 0) is 11.3 Å². The molecule has 1 aliphatic heterocycles. The molecule has 0 aromatic heterocycles. The number of halogens is 1. The summed E-state index contributed by atoms with van der Waals surface area (Å²) in [5.74, 6) is -1.14.